The number of carbonyl (C=O) groups is 1. The van der Waals surface area contributed by atoms with Crippen LogP contribution in [0.5, 0.6) is 0 Å². The van der Waals surface area contributed by atoms with E-state index in [1.807, 2.05) is 12.3 Å². The molecule has 178 valence electrons. The predicted molar refractivity (Wildman–Crippen MR) is 129 cm³/mol. The van der Waals surface area contributed by atoms with Gasteiger partial charge in [0, 0.05) is 49.9 Å². The van der Waals surface area contributed by atoms with Crippen LogP contribution in [0.25, 0.3) is 0 Å². The van der Waals surface area contributed by atoms with Gasteiger partial charge in [-0.15, -0.1) is 0 Å². The van der Waals surface area contributed by atoms with Gasteiger partial charge in [0.05, 0.1) is 0 Å². The molecule has 0 radical (unpaired) electrons. The van der Waals surface area contributed by atoms with Crippen molar-refractivity contribution in [2.45, 2.75) is 76.9 Å². The molecule has 3 aliphatic rings. The van der Waals surface area contributed by atoms with Gasteiger partial charge in [0.15, 0.2) is 0 Å². The summed E-state index contributed by atoms with van der Waals surface area (Å²) in [4.78, 5) is 26.9. The van der Waals surface area contributed by atoms with Crippen molar-refractivity contribution in [3.05, 3.63) is 12.3 Å². The Kier molecular flexibility index (Phi) is 8.19. The quantitative estimate of drug-likeness (QED) is 0.568. The normalized spacial score (nSPS) is 25.3. The van der Waals surface area contributed by atoms with Crippen LogP contribution in [0.1, 0.15) is 58.8 Å². The molecule has 0 saturated carbocycles. The Morgan fingerprint density at radius 1 is 1.16 bits per heavy atom. The minimum absolute atomic E-state index is 0.166. The van der Waals surface area contributed by atoms with Crippen LogP contribution in [-0.2, 0) is 4.79 Å². The number of piperidine rings is 2. The molecule has 3 aliphatic heterocycles. The number of hydrogen-bond donors (Lipinski definition) is 3. The fraction of sp³-hybridized carbons (Fsp3) is 0.792. The highest BCUT2D eigenvalue weighted by molar-refractivity contribution is 5.78. The van der Waals surface area contributed by atoms with Gasteiger partial charge in [-0.3, -0.25) is 9.69 Å². The topological polar surface area (TPSA) is 85.4 Å². The first-order valence-corrected chi connectivity index (χ1v) is 12.7. The number of aromatic nitrogens is 2. The maximum atomic E-state index is 12.6. The zero-order chi connectivity index (χ0) is 22.3. The third-order valence-electron chi connectivity index (χ3n) is 7.32. The summed E-state index contributed by atoms with van der Waals surface area (Å²) in [7, 11) is 0. The Morgan fingerprint density at radius 2 is 1.94 bits per heavy atom. The van der Waals surface area contributed by atoms with E-state index in [9.17, 15) is 4.79 Å². The molecule has 0 aromatic carbocycles. The van der Waals surface area contributed by atoms with Crippen LogP contribution in [0, 0.1) is 5.92 Å². The van der Waals surface area contributed by atoms with Gasteiger partial charge in [-0.25, -0.2) is 4.98 Å². The van der Waals surface area contributed by atoms with Crippen LogP contribution in [0.3, 0.4) is 0 Å². The highest BCUT2D eigenvalue weighted by Crippen LogP contribution is 2.26. The standard InChI is InChI=1S/C24H41N7O/c1-18(2)31-17-5-6-20(21(31)9-13-26-23(32)19-7-11-25-12-8-19)28-24-27-14-10-22(29-24)30-15-3-4-16-30/h10,14,18-21,25H,3-9,11-13,15-17H2,1-2H3,(H,26,32)(H,27,28,29). The number of rotatable bonds is 8. The minimum Gasteiger partial charge on any atom is -0.356 e. The molecule has 3 saturated heterocycles. The van der Waals surface area contributed by atoms with Crippen molar-refractivity contribution < 1.29 is 4.79 Å². The molecule has 3 N–H and O–H groups in total. The number of likely N-dealkylation sites (tertiary alicyclic amines) is 1. The van der Waals surface area contributed by atoms with Crippen molar-refractivity contribution in [3.8, 4) is 0 Å². The lowest BCUT2D eigenvalue weighted by Crippen LogP contribution is -2.55. The van der Waals surface area contributed by atoms with Gasteiger partial charge in [0.2, 0.25) is 11.9 Å². The molecule has 4 rings (SSSR count). The molecule has 1 amide bonds. The molecule has 3 fully saturated rings. The average Bonchev–Trinajstić information content (AvgIpc) is 3.35. The molecule has 32 heavy (non-hydrogen) atoms. The summed E-state index contributed by atoms with van der Waals surface area (Å²) in [6.07, 6.45) is 9.46. The maximum Gasteiger partial charge on any atom is 0.224 e. The first kappa shape index (κ1) is 23.2. The fourth-order valence-electron chi connectivity index (χ4n) is 5.54. The summed E-state index contributed by atoms with van der Waals surface area (Å²) < 4.78 is 0. The van der Waals surface area contributed by atoms with Crippen molar-refractivity contribution in [1.29, 1.82) is 0 Å². The van der Waals surface area contributed by atoms with E-state index < -0.39 is 0 Å². The number of anilines is 2. The smallest absolute Gasteiger partial charge is 0.224 e. The van der Waals surface area contributed by atoms with Crippen molar-refractivity contribution in [2.75, 3.05) is 49.5 Å². The second-order valence-electron chi connectivity index (χ2n) is 9.83. The van der Waals surface area contributed by atoms with E-state index in [0.29, 0.717) is 12.1 Å². The number of amides is 1. The summed E-state index contributed by atoms with van der Waals surface area (Å²) in [6.45, 7) is 10.4. The zero-order valence-electron chi connectivity index (χ0n) is 19.9. The fourth-order valence-corrected chi connectivity index (χ4v) is 5.54. The summed E-state index contributed by atoms with van der Waals surface area (Å²) in [5, 5.41) is 10.2. The van der Waals surface area contributed by atoms with Gasteiger partial charge in [-0.2, -0.15) is 4.98 Å². The molecule has 0 bridgehead atoms. The molecule has 0 spiro atoms. The molecule has 8 nitrogen and oxygen atoms in total. The van der Waals surface area contributed by atoms with E-state index in [0.717, 1.165) is 76.7 Å². The lowest BCUT2D eigenvalue weighted by Gasteiger charge is -2.44. The monoisotopic (exact) mass is 443 g/mol. The zero-order valence-corrected chi connectivity index (χ0v) is 19.9. The van der Waals surface area contributed by atoms with E-state index >= 15 is 0 Å². The van der Waals surface area contributed by atoms with Crippen LogP contribution in [0.15, 0.2) is 12.3 Å². The Bertz CT molecular complexity index is 731. The minimum atomic E-state index is 0.166. The van der Waals surface area contributed by atoms with Gasteiger partial charge in [0.1, 0.15) is 5.82 Å². The molecule has 1 aromatic heterocycles. The van der Waals surface area contributed by atoms with Crippen LogP contribution >= 0.6 is 0 Å². The average molecular weight is 444 g/mol. The van der Waals surface area contributed by atoms with Crippen LogP contribution < -0.4 is 20.9 Å². The summed E-state index contributed by atoms with van der Waals surface area (Å²) in [5.74, 6) is 2.15. The maximum absolute atomic E-state index is 12.6. The van der Waals surface area contributed by atoms with Crippen molar-refractivity contribution in [2.24, 2.45) is 5.92 Å². The van der Waals surface area contributed by atoms with Gasteiger partial charge in [-0.05, 0) is 84.5 Å². The SMILES string of the molecule is CC(C)N1CCCC(Nc2nccc(N3CCCC3)n2)C1CCNC(=O)C1CCNCC1. The molecule has 8 heteroatoms. The van der Waals surface area contributed by atoms with E-state index in [4.69, 9.17) is 4.98 Å². The largest absolute Gasteiger partial charge is 0.356 e. The summed E-state index contributed by atoms with van der Waals surface area (Å²) >= 11 is 0. The van der Waals surface area contributed by atoms with E-state index in [-0.39, 0.29) is 17.9 Å². The molecular weight excluding hydrogens is 402 g/mol. The third-order valence-corrected chi connectivity index (χ3v) is 7.32. The highest BCUT2D eigenvalue weighted by atomic mass is 16.1. The van der Waals surface area contributed by atoms with Crippen LogP contribution in [0.4, 0.5) is 11.8 Å². The molecular formula is C24H41N7O. The van der Waals surface area contributed by atoms with E-state index in [1.165, 1.54) is 19.3 Å². The molecule has 2 unspecified atom stereocenters. The summed E-state index contributed by atoms with van der Waals surface area (Å²) in [6, 6.07) is 3.14. The molecule has 1 aromatic rings. The summed E-state index contributed by atoms with van der Waals surface area (Å²) in [5.41, 5.74) is 0. The Balaban J connectivity index is 1.38. The number of hydrogen-bond acceptors (Lipinski definition) is 7. The second kappa shape index (κ2) is 11.3. The second-order valence-corrected chi connectivity index (χ2v) is 9.83. The van der Waals surface area contributed by atoms with Crippen LogP contribution in [0.2, 0.25) is 0 Å². The molecule has 0 aliphatic carbocycles. The highest BCUT2D eigenvalue weighted by Gasteiger charge is 2.33. The van der Waals surface area contributed by atoms with Gasteiger partial charge in [-0.1, -0.05) is 0 Å². The number of carbonyl (C=O) groups excluding carboxylic acids is 1. The molecule has 4 heterocycles. The lowest BCUT2D eigenvalue weighted by molar-refractivity contribution is -0.125. The van der Waals surface area contributed by atoms with Crippen molar-refractivity contribution >= 4 is 17.7 Å². The number of nitrogens with zero attached hydrogens (tertiary/aromatic N) is 4. The first-order valence-electron chi connectivity index (χ1n) is 12.7. The number of nitrogens with one attached hydrogen (secondary N) is 3. The van der Waals surface area contributed by atoms with Gasteiger partial charge < -0.3 is 20.9 Å². The van der Waals surface area contributed by atoms with Crippen molar-refractivity contribution in [3.63, 3.8) is 0 Å². The lowest BCUT2D eigenvalue weighted by atomic mass is 9.92. The van der Waals surface area contributed by atoms with Crippen LogP contribution in [-0.4, -0.2) is 78.2 Å². The van der Waals surface area contributed by atoms with E-state index in [2.05, 4.69) is 44.6 Å². The van der Waals surface area contributed by atoms with E-state index in [1.54, 1.807) is 0 Å². The Hall–Kier alpha value is -1.93. The van der Waals surface area contributed by atoms with Gasteiger partial charge >= 0.3 is 0 Å². The third kappa shape index (κ3) is 5.90. The first-order chi connectivity index (χ1) is 15.6. The Morgan fingerprint density at radius 3 is 2.69 bits per heavy atom. The van der Waals surface area contributed by atoms with Gasteiger partial charge in [0.25, 0.3) is 0 Å². The molecule has 2 atom stereocenters. The van der Waals surface area contributed by atoms with Crippen molar-refractivity contribution in [1.82, 2.24) is 25.5 Å². The Labute approximate surface area is 192 Å². The predicted octanol–water partition coefficient (Wildman–Crippen LogP) is 2.24.